The van der Waals surface area contributed by atoms with Crippen molar-refractivity contribution < 1.29 is 0 Å². The minimum absolute atomic E-state index is 0.171. The molecule has 0 N–H and O–H groups in total. The first-order valence-corrected chi connectivity index (χ1v) is 9.21. The van der Waals surface area contributed by atoms with Crippen molar-refractivity contribution in [3.63, 3.8) is 0 Å². The van der Waals surface area contributed by atoms with E-state index in [0.717, 1.165) is 0 Å². The Kier molecular flexibility index (Phi) is 19.3. The molecule has 0 aliphatic carbocycles. The zero-order valence-electron chi connectivity index (χ0n) is 11.2. The largest absolute Gasteiger partial charge is 0.261 e. The smallest absolute Gasteiger partial charge is 0.0967 e. The fourth-order valence-electron chi connectivity index (χ4n) is 1.54. The summed E-state index contributed by atoms with van der Waals surface area (Å²) in [5, 5.41) is 4.48. The highest BCUT2D eigenvalue weighted by molar-refractivity contribution is 6.58. The molecular weight excluding hydrogens is 183 g/mol. The Bertz CT molecular complexity index is 67.8. The Labute approximate surface area is 96.9 Å². The molecular formula is C13H31Al. The van der Waals surface area contributed by atoms with Gasteiger partial charge in [0.2, 0.25) is 0 Å². The predicted octanol–water partition coefficient (Wildman–Crippen LogP) is 5.52. The first-order chi connectivity index (χ1) is 6.76. The quantitative estimate of drug-likeness (QED) is 0.387. The third-order valence-electron chi connectivity index (χ3n) is 2.94. The third-order valence-corrected chi connectivity index (χ3v) is 6.40. The molecule has 0 radical (unpaired) electrons. The fraction of sp³-hybridized carbons (Fsp3) is 1.00. The second-order valence-electron chi connectivity index (χ2n) is 4.15. The maximum atomic E-state index is 2.32. The number of hydrogen-bond acceptors (Lipinski definition) is 0. The highest BCUT2D eigenvalue weighted by Gasteiger charge is 2.05. The van der Waals surface area contributed by atoms with Crippen LogP contribution in [0, 0.1) is 0 Å². The fourth-order valence-corrected chi connectivity index (χ4v) is 3.27. The Morgan fingerprint density at radius 1 is 0.571 bits per heavy atom. The van der Waals surface area contributed by atoms with Gasteiger partial charge in [0.25, 0.3) is 14.1 Å². The number of unbranched alkanes of at least 4 members (excludes halogenated alkanes) is 4. The normalized spacial score (nSPS) is 9.21. The Balaban J connectivity index is 0. The van der Waals surface area contributed by atoms with E-state index in [1.807, 2.05) is 0 Å². The summed E-state index contributed by atoms with van der Waals surface area (Å²) in [6.07, 6.45) is 7.01. The first-order valence-electron chi connectivity index (χ1n) is 6.76. The molecule has 1 heteroatoms. The van der Waals surface area contributed by atoms with Crippen LogP contribution in [0.1, 0.15) is 66.7 Å². The molecule has 0 aromatic rings. The lowest BCUT2D eigenvalue weighted by Crippen LogP contribution is -2.04. The second-order valence-corrected chi connectivity index (χ2v) is 8.33. The van der Waals surface area contributed by atoms with E-state index >= 15 is 0 Å². The summed E-state index contributed by atoms with van der Waals surface area (Å²) in [6, 6.07) is 0. The van der Waals surface area contributed by atoms with E-state index in [1.165, 1.54) is 48.0 Å². The molecule has 0 aliphatic rings. The van der Waals surface area contributed by atoms with Gasteiger partial charge in [-0.05, 0) is 0 Å². The van der Waals surface area contributed by atoms with E-state index in [9.17, 15) is 0 Å². The monoisotopic (exact) mass is 214 g/mol. The molecule has 0 rings (SSSR count). The lowest BCUT2D eigenvalue weighted by molar-refractivity contribution is 0.656. The molecule has 0 aliphatic heterocycles. The second kappa shape index (κ2) is 16.0. The third kappa shape index (κ3) is 15.0. The zero-order valence-corrected chi connectivity index (χ0v) is 12.4. The van der Waals surface area contributed by atoms with Gasteiger partial charge in [0.05, 0.1) is 0 Å². The lowest BCUT2D eigenvalue weighted by atomic mass is 10.2. The lowest BCUT2D eigenvalue weighted by Gasteiger charge is -1.97. The van der Waals surface area contributed by atoms with Crippen molar-refractivity contribution in [3.05, 3.63) is 0 Å². The molecule has 0 atom stereocenters. The van der Waals surface area contributed by atoms with E-state index in [1.54, 1.807) is 0 Å². The molecule has 0 saturated carbocycles. The topological polar surface area (TPSA) is 0 Å². The van der Waals surface area contributed by atoms with Crippen LogP contribution >= 0.6 is 0 Å². The van der Waals surface area contributed by atoms with Gasteiger partial charge in [0.1, 0.15) is 0 Å². The van der Waals surface area contributed by atoms with Gasteiger partial charge in [0, 0.05) is 0 Å². The van der Waals surface area contributed by atoms with Crippen LogP contribution in [0.15, 0.2) is 0 Å². The summed E-state index contributed by atoms with van der Waals surface area (Å²) in [5.41, 5.74) is 0. The van der Waals surface area contributed by atoms with Crippen molar-refractivity contribution >= 4 is 14.1 Å². The van der Waals surface area contributed by atoms with Crippen molar-refractivity contribution in [2.24, 2.45) is 0 Å². The van der Waals surface area contributed by atoms with Gasteiger partial charge >= 0.3 is 0 Å². The van der Waals surface area contributed by atoms with Crippen molar-refractivity contribution in [2.45, 2.75) is 82.6 Å². The standard InChI is InChI=1S/C7H16.3C2H5.Al/c1-3-5-7-6-4-2;3*1-2;/h3-7H2,1-2H3;3*1H2,2H3;. The van der Waals surface area contributed by atoms with E-state index < -0.39 is 0 Å². The van der Waals surface area contributed by atoms with E-state index in [2.05, 4.69) is 34.6 Å². The van der Waals surface area contributed by atoms with Crippen LogP contribution in [-0.4, -0.2) is 14.1 Å². The number of rotatable bonds is 7. The molecule has 0 nitrogen and oxygen atoms in total. The van der Waals surface area contributed by atoms with Crippen LogP contribution in [0.2, 0.25) is 15.8 Å². The van der Waals surface area contributed by atoms with Gasteiger partial charge in [-0.15, -0.1) is 0 Å². The van der Waals surface area contributed by atoms with Crippen LogP contribution in [-0.2, 0) is 0 Å². The van der Waals surface area contributed by atoms with Gasteiger partial charge in [-0.25, -0.2) is 0 Å². The number of hydrogen-bond donors (Lipinski definition) is 0. The Hall–Kier alpha value is 0.532. The first kappa shape index (κ1) is 16.9. The molecule has 0 saturated heterocycles. The molecule has 0 aromatic heterocycles. The van der Waals surface area contributed by atoms with Crippen LogP contribution in [0.4, 0.5) is 0 Å². The average molecular weight is 214 g/mol. The van der Waals surface area contributed by atoms with Crippen molar-refractivity contribution in [1.29, 1.82) is 0 Å². The molecule has 0 amide bonds. The highest BCUT2D eigenvalue weighted by Crippen LogP contribution is 2.01. The van der Waals surface area contributed by atoms with Crippen molar-refractivity contribution in [2.75, 3.05) is 0 Å². The zero-order chi connectivity index (χ0) is 11.2. The molecule has 0 unspecified atom stereocenters. The Morgan fingerprint density at radius 3 is 1.07 bits per heavy atom. The van der Waals surface area contributed by atoms with Gasteiger partial charge in [-0.1, -0.05) is 82.6 Å². The average Bonchev–Trinajstić information content (AvgIpc) is 2.22. The summed E-state index contributed by atoms with van der Waals surface area (Å²) in [5.74, 6) is 0. The van der Waals surface area contributed by atoms with Crippen LogP contribution in [0.3, 0.4) is 0 Å². The summed E-state index contributed by atoms with van der Waals surface area (Å²) in [4.78, 5) is 0. The molecule has 14 heavy (non-hydrogen) atoms. The summed E-state index contributed by atoms with van der Waals surface area (Å²) < 4.78 is 0. The van der Waals surface area contributed by atoms with Crippen LogP contribution in [0.25, 0.3) is 0 Å². The minimum Gasteiger partial charge on any atom is -0.0967 e. The van der Waals surface area contributed by atoms with E-state index in [0.29, 0.717) is 0 Å². The Morgan fingerprint density at radius 2 is 0.929 bits per heavy atom. The maximum Gasteiger partial charge on any atom is 0.261 e. The summed E-state index contributed by atoms with van der Waals surface area (Å²) >= 11 is -0.171. The molecule has 86 valence electrons. The van der Waals surface area contributed by atoms with Gasteiger partial charge in [-0.3, -0.25) is 0 Å². The van der Waals surface area contributed by atoms with Gasteiger partial charge < -0.3 is 0 Å². The molecule has 0 spiro atoms. The molecule has 0 aromatic carbocycles. The van der Waals surface area contributed by atoms with Gasteiger partial charge in [0.15, 0.2) is 0 Å². The maximum absolute atomic E-state index is 2.32. The molecule has 0 bridgehead atoms. The highest BCUT2D eigenvalue weighted by atomic mass is 27.2. The van der Waals surface area contributed by atoms with Crippen molar-refractivity contribution in [1.82, 2.24) is 0 Å². The van der Waals surface area contributed by atoms with Crippen LogP contribution < -0.4 is 0 Å². The predicted molar refractivity (Wildman–Crippen MR) is 71.6 cm³/mol. The van der Waals surface area contributed by atoms with Crippen molar-refractivity contribution in [3.8, 4) is 0 Å². The summed E-state index contributed by atoms with van der Waals surface area (Å²) in [7, 11) is 0. The van der Waals surface area contributed by atoms with Crippen LogP contribution in [0.5, 0.6) is 0 Å². The SMILES string of the molecule is CCCCCCC.C[CH2][Al]([CH2]C)[CH2]C. The molecule has 0 heterocycles. The van der Waals surface area contributed by atoms with E-state index in [-0.39, 0.29) is 14.1 Å². The van der Waals surface area contributed by atoms with E-state index in [4.69, 9.17) is 0 Å². The molecule has 0 fully saturated rings. The van der Waals surface area contributed by atoms with Gasteiger partial charge in [-0.2, -0.15) is 0 Å². The minimum atomic E-state index is -0.171. The summed E-state index contributed by atoms with van der Waals surface area (Å²) in [6.45, 7) is 11.5.